The van der Waals surface area contributed by atoms with Crippen molar-refractivity contribution in [1.82, 2.24) is 9.97 Å². The standard InChI is InChI=1S/C13H15N3O2S/c1-7-3-16(4-9(7)13(17)18)12-11-10(14-6-15-12)8(2)5-19-11/h5-7,9H,3-4H2,1-2H3,(H,17,18). The van der Waals surface area contributed by atoms with E-state index in [9.17, 15) is 9.90 Å². The Kier molecular flexibility index (Phi) is 2.89. The second-order valence-electron chi connectivity index (χ2n) is 5.12. The lowest BCUT2D eigenvalue weighted by Gasteiger charge is -2.17. The lowest BCUT2D eigenvalue weighted by Crippen LogP contribution is -2.23. The van der Waals surface area contributed by atoms with Crippen LogP contribution in [0.4, 0.5) is 5.82 Å². The molecule has 19 heavy (non-hydrogen) atoms. The van der Waals surface area contributed by atoms with Gasteiger partial charge in [0.1, 0.15) is 12.1 Å². The van der Waals surface area contributed by atoms with E-state index in [1.807, 2.05) is 13.8 Å². The first kappa shape index (κ1) is 12.3. The number of rotatable bonds is 2. The second-order valence-corrected chi connectivity index (χ2v) is 6.00. The van der Waals surface area contributed by atoms with E-state index >= 15 is 0 Å². The largest absolute Gasteiger partial charge is 0.481 e. The minimum absolute atomic E-state index is 0.142. The fourth-order valence-electron chi connectivity index (χ4n) is 2.64. The summed E-state index contributed by atoms with van der Waals surface area (Å²) >= 11 is 1.62. The Morgan fingerprint density at radius 1 is 1.47 bits per heavy atom. The van der Waals surface area contributed by atoms with Crippen LogP contribution in [0.5, 0.6) is 0 Å². The molecule has 1 N–H and O–H groups in total. The van der Waals surface area contributed by atoms with Gasteiger partial charge in [-0.2, -0.15) is 0 Å². The van der Waals surface area contributed by atoms with Crippen molar-refractivity contribution in [3.8, 4) is 0 Å². The van der Waals surface area contributed by atoms with E-state index in [1.165, 1.54) is 0 Å². The molecular weight excluding hydrogens is 262 g/mol. The Morgan fingerprint density at radius 2 is 2.26 bits per heavy atom. The van der Waals surface area contributed by atoms with E-state index in [-0.39, 0.29) is 11.8 Å². The van der Waals surface area contributed by atoms with Crippen LogP contribution in [0.15, 0.2) is 11.7 Å². The summed E-state index contributed by atoms with van der Waals surface area (Å²) in [6, 6.07) is 0. The molecule has 2 aromatic heterocycles. The van der Waals surface area contributed by atoms with Crippen molar-refractivity contribution in [3.63, 3.8) is 0 Å². The van der Waals surface area contributed by atoms with Gasteiger partial charge in [0.2, 0.25) is 0 Å². The predicted octanol–water partition coefficient (Wildman–Crippen LogP) is 2.16. The lowest BCUT2D eigenvalue weighted by atomic mass is 9.99. The molecule has 1 fully saturated rings. The SMILES string of the molecule is Cc1csc2c(N3CC(C)C(C(=O)O)C3)ncnc12. The number of nitrogens with zero attached hydrogens (tertiary/aromatic N) is 3. The summed E-state index contributed by atoms with van der Waals surface area (Å²) in [5.74, 6) is -0.0176. The van der Waals surface area contributed by atoms with Gasteiger partial charge in [0.15, 0.2) is 0 Å². The van der Waals surface area contributed by atoms with Crippen LogP contribution < -0.4 is 4.90 Å². The number of carbonyl (C=O) groups is 1. The number of thiophene rings is 1. The third-order valence-corrected chi connectivity index (χ3v) is 4.82. The van der Waals surface area contributed by atoms with Crippen molar-refractivity contribution in [3.05, 3.63) is 17.3 Å². The van der Waals surface area contributed by atoms with Gasteiger partial charge in [0.25, 0.3) is 0 Å². The molecule has 1 saturated heterocycles. The number of aliphatic carboxylic acids is 1. The zero-order valence-corrected chi connectivity index (χ0v) is 11.6. The summed E-state index contributed by atoms with van der Waals surface area (Å²) in [5.41, 5.74) is 2.12. The van der Waals surface area contributed by atoms with Crippen molar-refractivity contribution in [1.29, 1.82) is 0 Å². The first-order valence-corrected chi connectivity index (χ1v) is 7.12. The number of hydrogen-bond donors (Lipinski definition) is 1. The molecule has 0 aliphatic carbocycles. The van der Waals surface area contributed by atoms with Crippen LogP contribution in [0.2, 0.25) is 0 Å². The Morgan fingerprint density at radius 3 is 2.95 bits per heavy atom. The second kappa shape index (κ2) is 4.45. The number of anilines is 1. The molecule has 0 bridgehead atoms. The fraction of sp³-hybridized carbons (Fsp3) is 0.462. The van der Waals surface area contributed by atoms with Gasteiger partial charge in [0.05, 0.1) is 16.1 Å². The molecule has 0 amide bonds. The minimum Gasteiger partial charge on any atom is -0.481 e. The zero-order valence-electron chi connectivity index (χ0n) is 10.8. The molecule has 0 aromatic carbocycles. The smallest absolute Gasteiger partial charge is 0.308 e. The Labute approximate surface area is 114 Å². The van der Waals surface area contributed by atoms with Gasteiger partial charge < -0.3 is 10.0 Å². The third kappa shape index (κ3) is 1.96. The first-order valence-electron chi connectivity index (χ1n) is 6.24. The van der Waals surface area contributed by atoms with Gasteiger partial charge in [-0.05, 0) is 23.8 Å². The molecule has 5 nitrogen and oxygen atoms in total. The van der Waals surface area contributed by atoms with Gasteiger partial charge >= 0.3 is 5.97 Å². The molecule has 1 aliphatic rings. The van der Waals surface area contributed by atoms with E-state index < -0.39 is 5.97 Å². The molecule has 100 valence electrons. The number of carboxylic acid groups (broad SMARTS) is 1. The van der Waals surface area contributed by atoms with Crippen LogP contribution >= 0.6 is 11.3 Å². The highest BCUT2D eigenvalue weighted by molar-refractivity contribution is 7.18. The topological polar surface area (TPSA) is 66.3 Å². The molecule has 3 heterocycles. The number of aromatic nitrogens is 2. The lowest BCUT2D eigenvalue weighted by molar-refractivity contribution is -0.142. The monoisotopic (exact) mass is 277 g/mol. The Bertz CT molecular complexity index is 640. The average molecular weight is 277 g/mol. The van der Waals surface area contributed by atoms with Gasteiger partial charge in [-0.25, -0.2) is 9.97 Å². The van der Waals surface area contributed by atoms with Gasteiger partial charge in [-0.15, -0.1) is 11.3 Å². The molecule has 2 aromatic rings. The molecule has 3 rings (SSSR count). The first-order chi connectivity index (χ1) is 9.08. The molecule has 0 saturated carbocycles. The fourth-order valence-corrected chi connectivity index (χ4v) is 3.66. The minimum atomic E-state index is -0.720. The average Bonchev–Trinajstić information content (AvgIpc) is 2.94. The van der Waals surface area contributed by atoms with Crippen molar-refractivity contribution < 1.29 is 9.90 Å². The Balaban J connectivity index is 2.00. The van der Waals surface area contributed by atoms with E-state index in [2.05, 4.69) is 20.2 Å². The van der Waals surface area contributed by atoms with Crippen LogP contribution in [-0.4, -0.2) is 34.1 Å². The number of carboxylic acids is 1. The normalized spacial score (nSPS) is 23.2. The maximum atomic E-state index is 11.2. The van der Waals surface area contributed by atoms with E-state index in [4.69, 9.17) is 0 Å². The van der Waals surface area contributed by atoms with Crippen molar-refractivity contribution in [2.24, 2.45) is 11.8 Å². The van der Waals surface area contributed by atoms with Crippen LogP contribution in [0.1, 0.15) is 12.5 Å². The summed E-state index contributed by atoms with van der Waals surface area (Å²) in [6.45, 7) is 5.28. The molecule has 2 unspecified atom stereocenters. The maximum Gasteiger partial charge on any atom is 0.308 e. The van der Waals surface area contributed by atoms with Crippen LogP contribution in [0.3, 0.4) is 0 Å². The summed E-state index contributed by atoms with van der Waals surface area (Å²) in [7, 11) is 0. The molecule has 0 spiro atoms. The summed E-state index contributed by atoms with van der Waals surface area (Å²) < 4.78 is 1.05. The molecule has 6 heteroatoms. The number of fused-ring (bicyclic) bond motifs is 1. The van der Waals surface area contributed by atoms with Gasteiger partial charge in [-0.3, -0.25) is 4.79 Å². The van der Waals surface area contributed by atoms with Crippen molar-refractivity contribution in [2.75, 3.05) is 18.0 Å². The van der Waals surface area contributed by atoms with Gasteiger partial charge in [0, 0.05) is 13.1 Å². The maximum absolute atomic E-state index is 11.2. The van der Waals surface area contributed by atoms with E-state index in [0.29, 0.717) is 6.54 Å². The quantitative estimate of drug-likeness (QED) is 0.911. The highest BCUT2D eigenvalue weighted by Crippen LogP contribution is 2.34. The summed E-state index contributed by atoms with van der Waals surface area (Å²) in [6.07, 6.45) is 1.57. The highest BCUT2D eigenvalue weighted by Gasteiger charge is 2.36. The Hall–Kier alpha value is -1.69. The van der Waals surface area contributed by atoms with Crippen LogP contribution in [0.25, 0.3) is 10.2 Å². The summed E-state index contributed by atoms with van der Waals surface area (Å²) in [5, 5.41) is 11.3. The third-order valence-electron chi connectivity index (χ3n) is 3.74. The zero-order chi connectivity index (χ0) is 13.6. The predicted molar refractivity (Wildman–Crippen MR) is 74.7 cm³/mol. The summed E-state index contributed by atoms with van der Waals surface area (Å²) in [4.78, 5) is 21.9. The number of hydrogen-bond acceptors (Lipinski definition) is 5. The van der Waals surface area contributed by atoms with Crippen molar-refractivity contribution in [2.45, 2.75) is 13.8 Å². The van der Waals surface area contributed by atoms with E-state index in [0.717, 1.165) is 28.1 Å². The van der Waals surface area contributed by atoms with Crippen LogP contribution in [0, 0.1) is 18.8 Å². The molecule has 0 radical (unpaired) electrons. The van der Waals surface area contributed by atoms with Gasteiger partial charge in [-0.1, -0.05) is 6.92 Å². The molecule has 1 aliphatic heterocycles. The van der Waals surface area contributed by atoms with E-state index in [1.54, 1.807) is 17.7 Å². The molecular formula is C13H15N3O2S. The molecule has 2 atom stereocenters. The highest BCUT2D eigenvalue weighted by atomic mass is 32.1. The van der Waals surface area contributed by atoms with Crippen LogP contribution in [-0.2, 0) is 4.79 Å². The van der Waals surface area contributed by atoms with Crippen molar-refractivity contribution >= 4 is 33.3 Å². The number of aryl methyl sites for hydroxylation is 1.